The summed E-state index contributed by atoms with van der Waals surface area (Å²) < 4.78 is 0. The van der Waals surface area contributed by atoms with Crippen molar-refractivity contribution in [2.75, 3.05) is 11.9 Å². The molecular formula is C20H18Cl2N2O3. The molecule has 1 heterocycles. The molecule has 2 bridgehead atoms. The third kappa shape index (κ3) is 2.63. The molecule has 3 fully saturated rings. The van der Waals surface area contributed by atoms with Gasteiger partial charge in [-0.15, -0.1) is 0 Å². The normalized spacial score (nSPS) is 35.3. The lowest BCUT2D eigenvalue weighted by Crippen LogP contribution is -2.40. The Morgan fingerprint density at radius 2 is 1.70 bits per heavy atom. The molecule has 5 nitrogen and oxygen atoms in total. The molecule has 27 heavy (non-hydrogen) atoms. The van der Waals surface area contributed by atoms with Crippen molar-refractivity contribution < 1.29 is 14.4 Å². The van der Waals surface area contributed by atoms with Crippen LogP contribution in [0.4, 0.5) is 5.69 Å². The van der Waals surface area contributed by atoms with Crippen molar-refractivity contribution in [3.8, 4) is 0 Å². The summed E-state index contributed by atoms with van der Waals surface area (Å²) >= 11 is 11.9. The standard InChI is InChI=1S/C20H18Cl2N2O3/c21-9-1-4-15(14(22)7-9)23-16(25)5-6-24-19(26)17-10-2-3-11(13-8-12(10)13)18(17)20(24)27/h1-4,7,10-13,17-18H,5-6,8H2,(H,23,25). The van der Waals surface area contributed by atoms with Crippen LogP contribution in [0.2, 0.25) is 10.0 Å². The zero-order valence-electron chi connectivity index (χ0n) is 14.4. The van der Waals surface area contributed by atoms with E-state index in [4.69, 9.17) is 23.2 Å². The summed E-state index contributed by atoms with van der Waals surface area (Å²) in [5, 5.41) is 3.53. The lowest BCUT2D eigenvalue weighted by molar-refractivity contribution is -0.140. The number of rotatable bonds is 4. The van der Waals surface area contributed by atoms with Gasteiger partial charge in [-0.2, -0.15) is 0 Å². The smallest absolute Gasteiger partial charge is 0.233 e. The molecule has 0 spiro atoms. The number of hydrogen-bond donors (Lipinski definition) is 1. The summed E-state index contributed by atoms with van der Waals surface area (Å²) in [5.74, 6) is 0.621. The summed E-state index contributed by atoms with van der Waals surface area (Å²) in [5.41, 5.74) is 0.459. The molecule has 6 rings (SSSR count). The number of nitrogens with one attached hydrogen (secondary N) is 1. The maximum Gasteiger partial charge on any atom is 0.233 e. The Morgan fingerprint density at radius 1 is 1.07 bits per heavy atom. The van der Waals surface area contributed by atoms with Gasteiger partial charge in [-0.3, -0.25) is 19.3 Å². The number of benzene rings is 1. The highest BCUT2D eigenvalue weighted by molar-refractivity contribution is 6.36. The van der Waals surface area contributed by atoms with Crippen molar-refractivity contribution in [1.29, 1.82) is 0 Å². The first kappa shape index (κ1) is 17.3. The van der Waals surface area contributed by atoms with Crippen LogP contribution < -0.4 is 5.32 Å². The van der Waals surface area contributed by atoms with E-state index < -0.39 is 0 Å². The number of imide groups is 1. The minimum Gasteiger partial charge on any atom is -0.325 e. The van der Waals surface area contributed by atoms with Crippen LogP contribution >= 0.6 is 23.2 Å². The Kier molecular flexibility index (Phi) is 3.89. The van der Waals surface area contributed by atoms with Crippen molar-refractivity contribution in [3.63, 3.8) is 0 Å². The number of halogens is 2. The second-order valence-corrected chi connectivity index (χ2v) is 8.75. The van der Waals surface area contributed by atoms with Crippen LogP contribution in [-0.4, -0.2) is 29.2 Å². The number of likely N-dealkylation sites (tertiary alicyclic amines) is 1. The van der Waals surface area contributed by atoms with Crippen molar-refractivity contribution in [2.45, 2.75) is 12.8 Å². The maximum absolute atomic E-state index is 12.9. The number of nitrogens with zero attached hydrogens (tertiary/aromatic N) is 1. The van der Waals surface area contributed by atoms with E-state index in [0.717, 1.165) is 6.42 Å². The van der Waals surface area contributed by atoms with Gasteiger partial charge in [-0.1, -0.05) is 35.4 Å². The molecule has 1 aromatic rings. The van der Waals surface area contributed by atoms with Crippen LogP contribution in [0.15, 0.2) is 30.4 Å². The minimum atomic E-state index is -0.293. The SMILES string of the molecule is O=C(CCN1C(=O)C2C3C=CC(C4CC34)C2C1=O)Nc1ccc(Cl)cc1Cl. The van der Waals surface area contributed by atoms with Gasteiger partial charge >= 0.3 is 0 Å². The average molecular weight is 405 g/mol. The van der Waals surface area contributed by atoms with E-state index in [-0.39, 0.29) is 54.4 Å². The summed E-state index contributed by atoms with van der Waals surface area (Å²) in [6.07, 6.45) is 5.47. The second kappa shape index (κ2) is 6.08. The van der Waals surface area contributed by atoms with E-state index >= 15 is 0 Å². The van der Waals surface area contributed by atoms with Gasteiger partial charge < -0.3 is 5.32 Å². The summed E-state index contributed by atoms with van der Waals surface area (Å²) in [6.45, 7) is 0.108. The third-order valence-electron chi connectivity index (χ3n) is 6.52. The maximum atomic E-state index is 12.9. The fraction of sp³-hybridized carbons (Fsp3) is 0.450. The molecule has 0 radical (unpaired) electrons. The second-order valence-electron chi connectivity index (χ2n) is 7.91. The molecule has 1 aromatic carbocycles. The van der Waals surface area contributed by atoms with Gasteiger partial charge in [0.25, 0.3) is 0 Å². The molecule has 4 aliphatic carbocycles. The van der Waals surface area contributed by atoms with Crippen molar-refractivity contribution in [2.24, 2.45) is 35.5 Å². The van der Waals surface area contributed by atoms with Gasteiger partial charge in [0.1, 0.15) is 0 Å². The highest BCUT2D eigenvalue weighted by Crippen LogP contribution is 2.65. The molecule has 6 atom stereocenters. The molecule has 2 saturated carbocycles. The van der Waals surface area contributed by atoms with Crippen molar-refractivity contribution in [3.05, 3.63) is 40.4 Å². The third-order valence-corrected chi connectivity index (χ3v) is 7.07. The highest BCUT2D eigenvalue weighted by Gasteiger charge is 2.66. The quantitative estimate of drug-likeness (QED) is 0.617. The van der Waals surface area contributed by atoms with Gasteiger partial charge in [0, 0.05) is 18.0 Å². The van der Waals surface area contributed by atoms with Crippen LogP contribution in [0.25, 0.3) is 0 Å². The first-order chi connectivity index (χ1) is 13.0. The Hall–Kier alpha value is -1.85. The lowest BCUT2D eigenvalue weighted by atomic mass is 9.63. The summed E-state index contributed by atoms with van der Waals surface area (Å²) in [7, 11) is 0. The van der Waals surface area contributed by atoms with E-state index in [1.807, 2.05) is 0 Å². The first-order valence-electron chi connectivity index (χ1n) is 9.24. The monoisotopic (exact) mass is 404 g/mol. The molecule has 6 unspecified atom stereocenters. The first-order valence-corrected chi connectivity index (χ1v) is 10.00. The Balaban J connectivity index is 1.25. The Morgan fingerprint density at radius 3 is 2.30 bits per heavy atom. The number of carbonyl (C=O) groups is 3. The molecule has 140 valence electrons. The van der Waals surface area contributed by atoms with Crippen LogP contribution in [0.1, 0.15) is 12.8 Å². The predicted octanol–water partition coefficient (Wildman–Crippen LogP) is 3.38. The fourth-order valence-corrected chi connectivity index (χ4v) is 5.71. The predicted molar refractivity (Wildman–Crippen MR) is 101 cm³/mol. The van der Waals surface area contributed by atoms with Gasteiger partial charge in [0.05, 0.1) is 22.5 Å². The largest absolute Gasteiger partial charge is 0.325 e. The van der Waals surface area contributed by atoms with Gasteiger partial charge in [0.15, 0.2) is 0 Å². The highest BCUT2D eigenvalue weighted by atomic mass is 35.5. The molecule has 1 aliphatic heterocycles. The number of anilines is 1. The van der Waals surface area contributed by atoms with E-state index in [1.54, 1.807) is 18.2 Å². The Bertz CT molecular complexity index is 863. The fourth-order valence-electron chi connectivity index (χ4n) is 5.26. The topological polar surface area (TPSA) is 66.5 Å². The number of amides is 3. The van der Waals surface area contributed by atoms with Gasteiger partial charge in [-0.25, -0.2) is 0 Å². The van der Waals surface area contributed by atoms with Crippen molar-refractivity contribution >= 4 is 46.6 Å². The van der Waals surface area contributed by atoms with E-state index in [0.29, 0.717) is 27.6 Å². The zero-order chi connectivity index (χ0) is 18.9. The Labute approximate surface area is 166 Å². The van der Waals surface area contributed by atoms with E-state index in [1.165, 1.54) is 4.90 Å². The van der Waals surface area contributed by atoms with E-state index in [2.05, 4.69) is 17.5 Å². The molecule has 1 N–H and O–H groups in total. The van der Waals surface area contributed by atoms with Crippen LogP contribution in [0, 0.1) is 35.5 Å². The summed E-state index contributed by atoms with van der Waals surface area (Å²) in [6, 6.07) is 4.80. The molecule has 1 saturated heterocycles. The van der Waals surface area contributed by atoms with E-state index in [9.17, 15) is 14.4 Å². The number of hydrogen-bond acceptors (Lipinski definition) is 3. The molecular weight excluding hydrogens is 387 g/mol. The van der Waals surface area contributed by atoms with Gasteiger partial charge in [0.2, 0.25) is 17.7 Å². The minimum absolute atomic E-state index is 0.0471. The summed E-state index contributed by atoms with van der Waals surface area (Å²) in [4.78, 5) is 39.3. The zero-order valence-corrected chi connectivity index (χ0v) is 15.9. The molecule has 3 amide bonds. The van der Waals surface area contributed by atoms with Gasteiger partial charge in [-0.05, 0) is 48.3 Å². The average Bonchev–Trinajstić information content (AvgIpc) is 3.41. The molecule has 7 heteroatoms. The number of allylic oxidation sites excluding steroid dienone is 2. The molecule has 5 aliphatic rings. The lowest BCUT2D eigenvalue weighted by Gasteiger charge is -2.37. The van der Waals surface area contributed by atoms with Crippen LogP contribution in [0.5, 0.6) is 0 Å². The van der Waals surface area contributed by atoms with Crippen LogP contribution in [0.3, 0.4) is 0 Å². The number of carbonyl (C=O) groups excluding carboxylic acids is 3. The molecule has 0 aromatic heterocycles. The van der Waals surface area contributed by atoms with Crippen LogP contribution in [-0.2, 0) is 14.4 Å². The van der Waals surface area contributed by atoms with Crippen molar-refractivity contribution in [1.82, 2.24) is 4.90 Å².